The quantitative estimate of drug-likeness (QED) is 0.115. The predicted molar refractivity (Wildman–Crippen MR) is 166 cm³/mol. The van der Waals surface area contributed by atoms with E-state index < -0.39 is 0 Å². The van der Waals surface area contributed by atoms with E-state index in [0.29, 0.717) is 24.5 Å². The highest BCUT2D eigenvalue weighted by Crippen LogP contribution is 2.50. The summed E-state index contributed by atoms with van der Waals surface area (Å²) in [5.41, 5.74) is 3.74. The van der Waals surface area contributed by atoms with Crippen LogP contribution in [0.15, 0.2) is 116 Å². The smallest absolute Gasteiger partial charge is 0.135 e. The summed E-state index contributed by atoms with van der Waals surface area (Å²) in [5.74, 6) is 1.18. The zero-order valence-electron chi connectivity index (χ0n) is 23.1. The van der Waals surface area contributed by atoms with Crippen LogP contribution in [0.2, 0.25) is 0 Å². The third-order valence-electron chi connectivity index (χ3n) is 9.76. The molecule has 3 aliphatic heterocycles. The highest BCUT2D eigenvalue weighted by atomic mass is 16.5. The fourth-order valence-corrected chi connectivity index (χ4v) is 7.90. The lowest BCUT2D eigenvalue weighted by atomic mass is 9.70. The van der Waals surface area contributed by atoms with Crippen LogP contribution in [0.1, 0.15) is 30.1 Å². The minimum Gasteiger partial charge on any atom is -0.363 e. The van der Waals surface area contributed by atoms with Crippen molar-refractivity contribution in [1.29, 1.82) is 0 Å². The number of pyridine rings is 1. The minimum absolute atomic E-state index is 0.0410. The van der Waals surface area contributed by atoms with Gasteiger partial charge in [-0.05, 0) is 51.2 Å². The molecule has 0 spiro atoms. The molecule has 5 atom stereocenters. The summed E-state index contributed by atoms with van der Waals surface area (Å²) in [6, 6.07) is 31.2. The number of piperidine rings is 3. The van der Waals surface area contributed by atoms with E-state index in [4.69, 9.17) is 4.74 Å². The molecule has 200 valence electrons. The zero-order valence-corrected chi connectivity index (χ0v) is 23.1. The van der Waals surface area contributed by atoms with Crippen LogP contribution < -0.4 is 0 Å². The number of quaternary nitrogens is 1. The van der Waals surface area contributed by atoms with Gasteiger partial charge in [0, 0.05) is 35.9 Å². The van der Waals surface area contributed by atoms with Crippen LogP contribution in [0.25, 0.3) is 32.4 Å². The van der Waals surface area contributed by atoms with Crippen molar-refractivity contribution in [3.63, 3.8) is 0 Å². The summed E-state index contributed by atoms with van der Waals surface area (Å²) in [6.07, 6.45) is 8.41. The molecule has 0 saturated carbocycles. The van der Waals surface area contributed by atoms with Gasteiger partial charge in [0.1, 0.15) is 18.7 Å². The first-order valence-corrected chi connectivity index (χ1v) is 14.6. The molecule has 3 aliphatic rings. The Labute approximate surface area is 237 Å². The Bertz CT molecular complexity index is 1670. The Balaban J connectivity index is 1.41. The fraction of sp³-hybridized carbons (Fsp3) is 0.270. The first kappa shape index (κ1) is 25.2. The van der Waals surface area contributed by atoms with Gasteiger partial charge in [-0.1, -0.05) is 78.9 Å². The van der Waals surface area contributed by atoms with Gasteiger partial charge in [-0.2, -0.15) is 0 Å². The number of ether oxygens (including phenoxy) is 1. The number of hydrogen-bond donors (Lipinski definition) is 0. The molecule has 0 aliphatic carbocycles. The van der Waals surface area contributed by atoms with Crippen LogP contribution in [0.3, 0.4) is 0 Å². The van der Waals surface area contributed by atoms with Gasteiger partial charge in [0.2, 0.25) is 0 Å². The lowest BCUT2D eigenvalue weighted by Crippen LogP contribution is -2.67. The number of para-hydroxylation sites is 1. The molecule has 0 amide bonds. The monoisotopic (exact) mass is 525 g/mol. The Morgan fingerprint density at radius 1 is 0.900 bits per heavy atom. The maximum Gasteiger partial charge on any atom is 0.135 e. The molecule has 0 N–H and O–H groups in total. The highest BCUT2D eigenvalue weighted by Gasteiger charge is 2.54. The van der Waals surface area contributed by atoms with Gasteiger partial charge in [0.15, 0.2) is 0 Å². The molecule has 4 heterocycles. The Kier molecular flexibility index (Phi) is 6.50. The molecule has 1 aromatic heterocycles. The summed E-state index contributed by atoms with van der Waals surface area (Å²) >= 11 is 0. The minimum atomic E-state index is -0.0410. The van der Waals surface area contributed by atoms with E-state index in [0.717, 1.165) is 36.1 Å². The molecular formula is C37H37N2O+. The maximum atomic E-state index is 6.80. The van der Waals surface area contributed by atoms with Gasteiger partial charge in [-0.25, -0.2) is 0 Å². The summed E-state index contributed by atoms with van der Waals surface area (Å²) < 4.78 is 7.81. The van der Waals surface area contributed by atoms with Crippen LogP contribution in [-0.2, 0) is 11.3 Å². The SMILES string of the molecule is C=CCOC(c1ccnc2ccccc12)[C@@H]1CC2CC[N+]1(Cc1c3ccccc3cc3ccccc13)CC2C=C. The molecule has 4 unspecified atom stereocenters. The van der Waals surface area contributed by atoms with Gasteiger partial charge < -0.3 is 9.22 Å². The van der Waals surface area contributed by atoms with Crippen molar-refractivity contribution < 1.29 is 9.22 Å². The van der Waals surface area contributed by atoms with Crippen molar-refractivity contribution in [3.05, 3.63) is 128 Å². The second kappa shape index (κ2) is 10.3. The lowest BCUT2D eigenvalue weighted by Gasteiger charge is -2.58. The molecular weight excluding hydrogens is 488 g/mol. The molecule has 8 rings (SSSR count). The molecule has 5 aromatic rings. The number of fused-ring (bicyclic) bond motifs is 6. The predicted octanol–water partition coefficient (Wildman–Crippen LogP) is 8.40. The Morgan fingerprint density at radius 3 is 2.33 bits per heavy atom. The number of hydrogen-bond acceptors (Lipinski definition) is 2. The summed E-state index contributed by atoms with van der Waals surface area (Å²) in [4.78, 5) is 4.68. The van der Waals surface area contributed by atoms with Gasteiger partial charge in [0.05, 0.1) is 25.2 Å². The average Bonchev–Trinajstić information content (AvgIpc) is 3.01. The van der Waals surface area contributed by atoms with E-state index in [9.17, 15) is 0 Å². The number of benzene rings is 4. The van der Waals surface area contributed by atoms with E-state index in [-0.39, 0.29) is 6.10 Å². The molecule has 40 heavy (non-hydrogen) atoms. The molecule has 0 radical (unpaired) electrons. The fourth-order valence-electron chi connectivity index (χ4n) is 7.90. The van der Waals surface area contributed by atoms with E-state index in [1.165, 1.54) is 44.5 Å². The first-order valence-electron chi connectivity index (χ1n) is 14.6. The van der Waals surface area contributed by atoms with Crippen molar-refractivity contribution in [2.24, 2.45) is 11.8 Å². The molecule has 3 heteroatoms. The van der Waals surface area contributed by atoms with Crippen LogP contribution in [-0.4, -0.2) is 35.2 Å². The van der Waals surface area contributed by atoms with Crippen molar-refractivity contribution in [2.75, 3.05) is 19.7 Å². The highest BCUT2D eigenvalue weighted by molar-refractivity contribution is 6.02. The summed E-state index contributed by atoms with van der Waals surface area (Å²) in [7, 11) is 0. The van der Waals surface area contributed by atoms with Gasteiger partial charge in [-0.3, -0.25) is 4.98 Å². The molecule has 3 saturated heterocycles. The Morgan fingerprint density at radius 2 is 1.60 bits per heavy atom. The van der Waals surface area contributed by atoms with Gasteiger partial charge in [-0.15, -0.1) is 13.2 Å². The molecule has 3 fully saturated rings. The third kappa shape index (κ3) is 4.16. The topological polar surface area (TPSA) is 22.1 Å². The largest absolute Gasteiger partial charge is 0.363 e. The molecule has 4 aromatic carbocycles. The molecule has 2 bridgehead atoms. The summed E-state index contributed by atoms with van der Waals surface area (Å²) in [5, 5.41) is 6.56. The van der Waals surface area contributed by atoms with Crippen LogP contribution in [0.4, 0.5) is 0 Å². The average molecular weight is 526 g/mol. The number of nitrogens with zero attached hydrogens (tertiary/aromatic N) is 2. The standard InChI is InChI=1S/C37H37N2O/c1-3-21-40-37(33-17-19-38-35-16-10-9-15-32(33)35)36-23-27-18-20-39(36,24-26(27)4-2)25-34-30-13-7-5-11-28(30)22-29-12-6-8-14-31(29)34/h3-17,19,22,26-27,36-37H,1-2,18,20-21,23-25H2/q+1/t26?,27?,36-,37?,39?/m0/s1. The van der Waals surface area contributed by atoms with Crippen molar-refractivity contribution in [1.82, 2.24) is 4.98 Å². The Hall–Kier alpha value is -3.79. The van der Waals surface area contributed by atoms with Crippen molar-refractivity contribution in [2.45, 2.75) is 31.5 Å². The maximum absolute atomic E-state index is 6.80. The third-order valence-corrected chi connectivity index (χ3v) is 9.76. The van der Waals surface area contributed by atoms with E-state index >= 15 is 0 Å². The normalized spacial score (nSPS) is 24.9. The van der Waals surface area contributed by atoms with Gasteiger partial charge >= 0.3 is 0 Å². The van der Waals surface area contributed by atoms with Crippen molar-refractivity contribution >= 4 is 32.4 Å². The number of rotatable bonds is 8. The summed E-state index contributed by atoms with van der Waals surface area (Å²) in [6.45, 7) is 12.1. The van der Waals surface area contributed by atoms with Gasteiger partial charge in [0.25, 0.3) is 0 Å². The second-order valence-electron chi connectivity index (χ2n) is 11.8. The van der Waals surface area contributed by atoms with E-state index in [2.05, 4.69) is 109 Å². The second-order valence-corrected chi connectivity index (χ2v) is 11.8. The van der Waals surface area contributed by atoms with Crippen molar-refractivity contribution in [3.8, 4) is 0 Å². The first-order chi connectivity index (χ1) is 19.7. The van der Waals surface area contributed by atoms with Crippen LogP contribution >= 0.6 is 0 Å². The zero-order chi connectivity index (χ0) is 27.1. The number of aromatic nitrogens is 1. The lowest BCUT2D eigenvalue weighted by molar-refractivity contribution is -0.984. The van der Waals surface area contributed by atoms with Crippen LogP contribution in [0.5, 0.6) is 0 Å². The molecule has 3 nitrogen and oxygen atoms in total. The van der Waals surface area contributed by atoms with E-state index in [1.807, 2.05) is 12.3 Å². The van der Waals surface area contributed by atoms with Crippen LogP contribution in [0, 0.1) is 11.8 Å². The van der Waals surface area contributed by atoms with E-state index in [1.54, 1.807) is 0 Å².